The van der Waals surface area contributed by atoms with Crippen molar-refractivity contribution < 1.29 is 4.74 Å². The van der Waals surface area contributed by atoms with Crippen LogP contribution < -0.4 is 14.5 Å². The van der Waals surface area contributed by atoms with Crippen LogP contribution in [0.15, 0.2) is 36.4 Å². The lowest BCUT2D eigenvalue weighted by atomic mass is 10.1. The third-order valence-corrected chi connectivity index (χ3v) is 3.98. The Labute approximate surface area is 137 Å². The molecule has 4 heteroatoms. The molecule has 3 aromatic rings. The highest BCUT2D eigenvalue weighted by molar-refractivity contribution is 6.08. The Hall–Kier alpha value is -2.49. The first-order valence-electron chi connectivity index (χ1n) is 7.86. The SMILES string of the molecule is CCOc1ccc2nc3cc(N(C)C)ccc3c(N(C)C)c2c1. The molecule has 120 valence electrons. The van der Waals surface area contributed by atoms with Crippen molar-refractivity contribution in [2.75, 3.05) is 44.6 Å². The number of aromatic nitrogens is 1. The average molecular weight is 309 g/mol. The van der Waals surface area contributed by atoms with E-state index in [2.05, 4.69) is 48.2 Å². The highest BCUT2D eigenvalue weighted by Gasteiger charge is 2.13. The molecule has 1 heterocycles. The van der Waals surface area contributed by atoms with Crippen molar-refractivity contribution in [1.29, 1.82) is 0 Å². The molecule has 2 aromatic carbocycles. The van der Waals surface area contributed by atoms with Crippen LogP contribution in [0.4, 0.5) is 11.4 Å². The molecule has 0 radical (unpaired) electrons. The smallest absolute Gasteiger partial charge is 0.120 e. The van der Waals surface area contributed by atoms with Crippen molar-refractivity contribution in [3.05, 3.63) is 36.4 Å². The molecule has 0 N–H and O–H groups in total. The number of nitrogens with zero attached hydrogens (tertiary/aromatic N) is 3. The normalized spacial score (nSPS) is 11.0. The third kappa shape index (κ3) is 2.77. The number of anilines is 2. The number of rotatable bonds is 4. The van der Waals surface area contributed by atoms with Crippen LogP contribution in [0, 0.1) is 0 Å². The van der Waals surface area contributed by atoms with Gasteiger partial charge in [0.25, 0.3) is 0 Å². The molecule has 0 saturated carbocycles. The Morgan fingerprint density at radius 3 is 2.30 bits per heavy atom. The molecule has 0 saturated heterocycles. The van der Waals surface area contributed by atoms with Gasteiger partial charge in [0.15, 0.2) is 0 Å². The fourth-order valence-electron chi connectivity index (χ4n) is 2.91. The Morgan fingerprint density at radius 2 is 1.65 bits per heavy atom. The summed E-state index contributed by atoms with van der Waals surface area (Å²) in [4.78, 5) is 9.10. The molecule has 23 heavy (non-hydrogen) atoms. The van der Waals surface area contributed by atoms with Gasteiger partial charge in [-0.25, -0.2) is 4.98 Å². The zero-order valence-electron chi connectivity index (χ0n) is 14.4. The maximum absolute atomic E-state index is 5.66. The lowest BCUT2D eigenvalue weighted by Crippen LogP contribution is -2.11. The summed E-state index contributed by atoms with van der Waals surface area (Å²) in [5.74, 6) is 0.883. The number of hydrogen-bond donors (Lipinski definition) is 0. The van der Waals surface area contributed by atoms with Crippen molar-refractivity contribution in [2.24, 2.45) is 0 Å². The first kappa shape index (κ1) is 15.4. The molecule has 1 aromatic heterocycles. The van der Waals surface area contributed by atoms with E-state index in [1.807, 2.05) is 33.2 Å². The minimum absolute atomic E-state index is 0.663. The monoisotopic (exact) mass is 309 g/mol. The van der Waals surface area contributed by atoms with Gasteiger partial charge in [-0.15, -0.1) is 0 Å². The standard InChI is InChI=1S/C19H23N3O/c1-6-23-14-8-10-17-16(12-14)19(22(4)5)15-9-7-13(21(2)3)11-18(15)20-17/h7-12H,6H2,1-5H3. The van der Waals surface area contributed by atoms with Gasteiger partial charge in [-0.2, -0.15) is 0 Å². The summed E-state index contributed by atoms with van der Waals surface area (Å²) < 4.78 is 5.66. The molecule has 0 aliphatic carbocycles. The maximum atomic E-state index is 5.66. The van der Waals surface area contributed by atoms with Gasteiger partial charge in [-0.3, -0.25) is 0 Å². The van der Waals surface area contributed by atoms with E-state index in [1.54, 1.807) is 0 Å². The van der Waals surface area contributed by atoms with Crippen molar-refractivity contribution in [3.63, 3.8) is 0 Å². The van der Waals surface area contributed by atoms with Gasteiger partial charge in [-0.1, -0.05) is 0 Å². The largest absolute Gasteiger partial charge is 0.494 e. The lowest BCUT2D eigenvalue weighted by molar-refractivity contribution is 0.340. The third-order valence-electron chi connectivity index (χ3n) is 3.98. The van der Waals surface area contributed by atoms with E-state index >= 15 is 0 Å². The lowest BCUT2D eigenvalue weighted by Gasteiger charge is -2.20. The van der Waals surface area contributed by atoms with Gasteiger partial charge in [-0.05, 0) is 43.3 Å². The number of pyridine rings is 1. The molecule has 0 atom stereocenters. The van der Waals surface area contributed by atoms with E-state index < -0.39 is 0 Å². The Kier molecular flexibility index (Phi) is 3.99. The minimum Gasteiger partial charge on any atom is -0.494 e. The summed E-state index contributed by atoms with van der Waals surface area (Å²) in [6, 6.07) is 12.5. The second-order valence-electron chi connectivity index (χ2n) is 6.06. The van der Waals surface area contributed by atoms with E-state index in [0.29, 0.717) is 6.61 Å². The van der Waals surface area contributed by atoms with E-state index in [9.17, 15) is 0 Å². The molecule has 0 spiro atoms. The quantitative estimate of drug-likeness (QED) is 0.683. The zero-order chi connectivity index (χ0) is 16.6. The molecular weight excluding hydrogens is 286 g/mol. The number of fused-ring (bicyclic) bond motifs is 2. The van der Waals surface area contributed by atoms with Crippen molar-refractivity contribution in [2.45, 2.75) is 6.92 Å². The Balaban J connectivity index is 2.34. The van der Waals surface area contributed by atoms with E-state index in [0.717, 1.165) is 33.2 Å². The first-order chi connectivity index (χ1) is 11.0. The topological polar surface area (TPSA) is 28.6 Å². The fraction of sp³-hybridized carbons (Fsp3) is 0.316. The summed E-state index contributed by atoms with van der Waals surface area (Å²) in [6.45, 7) is 2.66. The van der Waals surface area contributed by atoms with Crippen LogP contribution in [0.5, 0.6) is 5.75 Å². The maximum Gasteiger partial charge on any atom is 0.120 e. The van der Waals surface area contributed by atoms with E-state index in [4.69, 9.17) is 9.72 Å². The van der Waals surface area contributed by atoms with Crippen LogP contribution in [0.25, 0.3) is 21.8 Å². The Bertz CT molecular complexity index is 856. The highest BCUT2D eigenvalue weighted by atomic mass is 16.5. The van der Waals surface area contributed by atoms with Crippen LogP contribution in [0.3, 0.4) is 0 Å². The van der Waals surface area contributed by atoms with Crippen LogP contribution in [0.2, 0.25) is 0 Å². The van der Waals surface area contributed by atoms with Crippen LogP contribution in [-0.4, -0.2) is 39.8 Å². The van der Waals surface area contributed by atoms with Gasteiger partial charge in [0.2, 0.25) is 0 Å². The molecule has 0 amide bonds. The summed E-state index contributed by atoms with van der Waals surface area (Å²) in [5, 5.41) is 2.27. The van der Waals surface area contributed by atoms with Crippen molar-refractivity contribution in [1.82, 2.24) is 4.98 Å². The van der Waals surface area contributed by atoms with Crippen LogP contribution in [-0.2, 0) is 0 Å². The predicted octanol–water partition coefficient (Wildman–Crippen LogP) is 3.92. The summed E-state index contributed by atoms with van der Waals surface area (Å²) in [6.07, 6.45) is 0. The second kappa shape index (κ2) is 5.95. The molecule has 0 fully saturated rings. The zero-order valence-corrected chi connectivity index (χ0v) is 14.4. The van der Waals surface area contributed by atoms with Gasteiger partial charge in [0.05, 0.1) is 23.3 Å². The van der Waals surface area contributed by atoms with E-state index in [1.165, 1.54) is 5.69 Å². The molecule has 0 unspecified atom stereocenters. The molecular formula is C19H23N3O. The fourth-order valence-corrected chi connectivity index (χ4v) is 2.91. The summed E-state index contributed by atoms with van der Waals surface area (Å²) >= 11 is 0. The number of hydrogen-bond acceptors (Lipinski definition) is 4. The predicted molar refractivity (Wildman–Crippen MR) is 99.1 cm³/mol. The van der Waals surface area contributed by atoms with Gasteiger partial charge >= 0.3 is 0 Å². The molecule has 0 aliphatic rings. The van der Waals surface area contributed by atoms with Gasteiger partial charge in [0, 0.05) is 44.7 Å². The number of benzene rings is 2. The average Bonchev–Trinajstić information content (AvgIpc) is 2.52. The second-order valence-corrected chi connectivity index (χ2v) is 6.06. The van der Waals surface area contributed by atoms with E-state index in [-0.39, 0.29) is 0 Å². The summed E-state index contributed by atoms with van der Waals surface area (Å²) in [5.41, 5.74) is 4.33. The van der Waals surface area contributed by atoms with Crippen molar-refractivity contribution in [3.8, 4) is 5.75 Å². The molecule has 4 nitrogen and oxygen atoms in total. The first-order valence-corrected chi connectivity index (χ1v) is 7.86. The van der Waals surface area contributed by atoms with Crippen LogP contribution >= 0.6 is 0 Å². The number of ether oxygens (including phenoxy) is 1. The highest BCUT2D eigenvalue weighted by Crippen LogP contribution is 2.35. The minimum atomic E-state index is 0.663. The summed E-state index contributed by atoms with van der Waals surface area (Å²) in [7, 11) is 8.23. The van der Waals surface area contributed by atoms with Crippen LogP contribution in [0.1, 0.15) is 6.92 Å². The molecule has 3 rings (SSSR count). The molecule has 0 bridgehead atoms. The Morgan fingerprint density at radius 1 is 0.870 bits per heavy atom. The van der Waals surface area contributed by atoms with Crippen molar-refractivity contribution >= 4 is 33.2 Å². The van der Waals surface area contributed by atoms with Gasteiger partial charge < -0.3 is 14.5 Å². The molecule has 0 aliphatic heterocycles. The van der Waals surface area contributed by atoms with Gasteiger partial charge in [0.1, 0.15) is 5.75 Å².